The molecule has 6 nitrogen and oxygen atoms in total. The Bertz CT molecular complexity index is 990. The van der Waals surface area contributed by atoms with Crippen molar-refractivity contribution in [3.63, 3.8) is 0 Å². The van der Waals surface area contributed by atoms with Gasteiger partial charge in [-0.15, -0.1) is 0 Å². The van der Waals surface area contributed by atoms with Gasteiger partial charge in [0, 0.05) is 11.4 Å². The number of nitrogen functional groups attached to an aromatic ring is 2. The predicted octanol–water partition coefficient (Wildman–Crippen LogP) is 4.27. The zero-order chi connectivity index (χ0) is 19.8. The van der Waals surface area contributed by atoms with E-state index < -0.39 is 7.82 Å². The van der Waals surface area contributed by atoms with Gasteiger partial charge in [0.2, 0.25) is 0 Å². The minimum absolute atomic E-state index is 0.153. The maximum absolute atomic E-state index is 11.5. The van der Waals surface area contributed by atoms with Crippen molar-refractivity contribution in [3.05, 3.63) is 65.7 Å². The fourth-order valence-corrected chi connectivity index (χ4v) is 3.67. The molecule has 3 rings (SSSR count). The van der Waals surface area contributed by atoms with E-state index in [2.05, 4.69) is 0 Å². The summed E-state index contributed by atoms with van der Waals surface area (Å²) < 4.78 is 16.6. The molecule has 3 aromatic carbocycles. The van der Waals surface area contributed by atoms with E-state index in [0.717, 1.165) is 22.3 Å². The molecule has 0 saturated heterocycles. The van der Waals surface area contributed by atoms with Crippen molar-refractivity contribution < 1.29 is 18.9 Å². The number of hydrogen-bond acceptors (Lipinski definition) is 4. The van der Waals surface area contributed by atoms with Crippen LogP contribution in [0.4, 0.5) is 11.4 Å². The van der Waals surface area contributed by atoms with Gasteiger partial charge in [0.15, 0.2) is 0 Å². The van der Waals surface area contributed by atoms with Crippen LogP contribution in [0.2, 0.25) is 0 Å². The summed E-state index contributed by atoms with van der Waals surface area (Å²) in [4.78, 5) is 18.8. The minimum atomic E-state index is -4.73. The van der Waals surface area contributed by atoms with Crippen LogP contribution in [0.15, 0.2) is 54.6 Å². The molecule has 0 unspecified atom stereocenters. The molecule has 0 fully saturated rings. The molecular weight excluding hydrogens is 363 g/mol. The molecule has 0 heterocycles. The zero-order valence-corrected chi connectivity index (χ0v) is 15.9. The number of nitrogens with two attached hydrogens (primary N) is 2. The van der Waals surface area contributed by atoms with E-state index in [4.69, 9.17) is 16.0 Å². The van der Waals surface area contributed by atoms with Crippen molar-refractivity contribution >= 4 is 19.2 Å². The third-order valence-corrected chi connectivity index (χ3v) is 4.80. The Morgan fingerprint density at radius 3 is 1.63 bits per heavy atom. The summed E-state index contributed by atoms with van der Waals surface area (Å²) in [5, 5.41) is 0. The smallest absolute Gasteiger partial charge is 0.404 e. The first-order chi connectivity index (χ1) is 12.7. The number of rotatable bonds is 4. The van der Waals surface area contributed by atoms with Crippen LogP contribution in [0.3, 0.4) is 0 Å². The Hall–Kier alpha value is -2.79. The quantitative estimate of drug-likeness (QED) is 0.394. The van der Waals surface area contributed by atoms with Crippen LogP contribution in [-0.2, 0) is 4.57 Å². The van der Waals surface area contributed by atoms with Crippen molar-refractivity contribution in [1.82, 2.24) is 0 Å². The fraction of sp³-hybridized carbons (Fsp3) is 0.100. The van der Waals surface area contributed by atoms with E-state index in [-0.39, 0.29) is 5.75 Å². The lowest BCUT2D eigenvalue weighted by Crippen LogP contribution is -2.00. The summed E-state index contributed by atoms with van der Waals surface area (Å²) in [6.07, 6.45) is 0. The van der Waals surface area contributed by atoms with E-state index in [1.165, 1.54) is 0 Å². The Balaban J connectivity index is 2.32. The van der Waals surface area contributed by atoms with E-state index in [9.17, 15) is 14.4 Å². The first kappa shape index (κ1) is 19.0. The molecule has 0 spiro atoms. The summed E-state index contributed by atoms with van der Waals surface area (Å²) >= 11 is 0. The van der Waals surface area contributed by atoms with Gasteiger partial charge < -0.3 is 16.0 Å². The molecule has 0 atom stereocenters. The van der Waals surface area contributed by atoms with Gasteiger partial charge in [-0.05, 0) is 77.6 Å². The van der Waals surface area contributed by atoms with Gasteiger partial charge >= 0.3 is 7.82 Å². The van der Waals surface area contributed by atoms with E-state index in [1.54, 1.807) is 26.0 Å². The summed E-state index contributed by atoms with van der Waals surface area (Å²) in [6, 6.07) is 16.6. The van der Waals surface area contributed by atoms with E-state index in [0.29, 0.717) is 22.5 Å². The molecule has 3 aromatic rings. The highest BCUT2D eigenvalue weighted by molar-refractivity contribution is 7.46. The van der Waals surface area contributed by atoms with Crippen LogP contribution < -0.4 is 16.0 Å². The van der Waals surface area contributed by atoms with Crippen molar-refractivity contribution in [1.29, 1.82) is 0 Å². The fourth-order valence-electron chi connectivity index (χ4n) is 3.15. The highest BCUT2D eigenvalue weighted by atomic mass is 31.2. The number of phosphoric acid groups is 1. The molecule has 0 aliphatic rings. The van der Waals surface area contributed by atoms with Crippen molar-refractivity contribution in [3.8, 4) is 28.0 Å². The van der Waals surface area contributed by atoms with Gasteiger partial charge in [0.1, 0.15) is 5.75 Å². The second kappa shape index (κ2) is 7.08. The summed E-state index contributed by atoms with van der Waals surface area (Å²) in [7, 11) is -4.73. The molecule has 140 valence electrons. The maximum Gasteiger partial charge on any atom is 0.524 e. The summed E-state index contributed by atoms with van der Waals surface area (Å²) in [5.74, 6) is 0.153. The molecule has 6 N–H and O–H groups in total. The van der Waals surface area contributed by atoms with Gasteiger partial charge in [-0.25, -0.2) is 4.57 Å². The van der Waals surface area contributed by atoms with Crippen molar-refractivity contribution in [2.24, 2.45) is 0 Å². The first-order valence-electron chi connectivity index (χ1n) is 8.27. The highest BCUT2D eigenvalue weighted by Crippen LogP contribution is 2.46. The monoisotopic (exact) mass is 384 g/mol. The SMILES string of the molecule is Cc1c(-c2cccc(N)c2)cc(-c2cccc(N)c2)c(C)c1OP(=O)(O)O. The van der Waals surface area contributed by atoms with Crippen LogP contribution >= 0.6 is 7.82 Å². The van der Waals surface area contributed by atoms with Gasteiger partial charge in [-0.3, -0.25) is 9.79 Å². The van der Waals surface area contributed by atoms with Crippen LogP contribution in [0.25, 0.3) is 22.3 Å². The molecule has 0 saturated carbocycles. The Morgan fingerprint density at radius 2 is 1.26 bits per heavy atom. The number of hydrogen-bond donors (Lipinski definition) is 4. The summed E-state index contributed by atoms with van der Waals surface area (Å²) in [5.41, 5.74) is 17.4. The molecule has 0 aliphatic heterocycles. The lowest BCUT2D eigenvalue weighted by molar-refractivity contribution is 0.282. The first-order valence-corrected chi connectivity index (χ1v) is 9.80. The number of benzene rings is 3. The average Bonchev–Trinajstić information content (AvgIpc) is 2.58. The molecular formula is C20H21N2O4P. The second-order valence-corrected chi connectivity index (χ2v) is 7.55. The van der Waals surface area contributed by atoms with Gasteiger partial charge in [0.25, 0.3) is 0 Å². The molecule has 0 aliphatic carbocycles. The van der Waals surface area contributed by atoms with E-state index >= 15 is 0 Å². The largest absolute Gasteiger partial charge is 0.524 e. The molecule has 0 radical (unpaired) electrons. The third-order valence-electron chi connectivity index (χ3n) is 4.38. The standard InChI is InChI=1S/C20H21N2O4P/c1-12-18(14-5-3-7-16(21)9-14)11-19(15-6-4-8-17(22)10-15)13(2)20(12)26-27(23,24)25/h3-11H,21-22H2,1-2H3,(H2,23,24,25). The number of phosphoric ester groups is 1. The topological polar surface area (TPSA) is 119 Å². The predicted molar refractivity (Wildman–Crippen MR) is 108 cm³/mol. The van der Waals surface area contributed by atoms with Crippen LogP contribution in [0, 0.1) is 13.8 Å². The number of anilines is 2. The normalized spacial score (nSPS) is 11.4. The Kier molecular flexibility index (Phi) is 4.98. The van der Waals surface area contributed by atoms with Crippen molar-refractivity contribution in [2.45, 2.75) is 13.8 Å². The maximum atomic E-state index is 11.5. The van der Waals surface area contributed by atoms with E-state index in [1.807, 2.05) is 42.5 Å². The lowest BCUT2D eigenvalue weighted by atomic mass is 9.90. The van der Waals surface area contributed by atoms with Crippen LogP contribution in [0.5, 0.6) is 5.75 Å². The third kappa shape index (κ3) is 4.14. The average molecular weight is 384 g/mol. The lowest BCUT2D eigenvalue weighted by Gasteiger charge is -2.20. The minimum Gasteiger partial charge on any atom is -0.404 e. The van der Waals surface area contributed by atoms with Crippen LogP contribution in [-0.4, -0.2) is 9.79 Å². The van der Waals surface area contributed by atoms with Gasteiger partial charge in [0.05, 0.1) is 0 Å². The Labute approximate surface area is 157 Å². The summed E-state index contributed by atoms with van der Waals surface area (Å²) in [6.45, 7) is 3.53. The van der Waals surface area contributed by atoms with Crippen molar-refractivity contribution in [2.75, 3.05) is 11.5 Å². The molecule has 0 aromatic heterocycles. The zero-order valence-electron chi connectivity index (χ0n) is 15.0. The molecule has 7 heteroatoms. The van der Waals surface area contributed by atoms with Crippen LogP contribution in [0.1, 0.15) is 11.1 Å². The Morgan fingerprint density at radius 1 is 0.815 bits per heavy atom. The molecule has 27 heavy (non-hydrogen) atoms. The molecule has 0 bridgehead atoms. The second-order valence-electron chi connectivity index (χ2n) is 6.38. The highest BCUT2D eigenvalue weighted by Gasteiger charge is 2.23. The van der Waals surface area contributed by atoms with Gasteiger partial charge in [-0.2, -0.15) is 0 Å². The van der Waals surface area contributed by atoms with Gasteiger partial charge in [-0.1, -0.05) is 24.3 Å². The molecule has 0 amide bonds.